The lowest BCUT2D eigenvalue weighted by Crippen LogP contribution is -2.41. The Labute approximate surface area is 100 Å². The van der Waals surface area contributed by atoms with E-state index in [0.29, 0.717) is 26.1 Å². The normalized spacial score (nSPS) is 20.1. The van der Waals surface area contributed by atoms with E-state index in [-0.39, 0.29) is 12.0 Å². The van der Waals surface area contributed by atoms with Gasteiger partial charge in [0, 0.05) is 32.0 Å². The van der Waals surface area contributed by atoms with E-state index in [1.54, 1.807) is 10.9 Å². The van der Waals surface area contributed by atoms with Gasteiger partial charge in [0.25, 0.3) is 0 Å². The number of nitrogens with one attached hydrogen (secondary N) is 2. The molecule has 1 fully saturated rings. The predicted octanol–water partition coefficient (Wildman–Crippen LogP) is -0.622. The molecule has 6 nitrogen and oxygen atoms in total. The number of hydrogen-bond acceptors (Lipinski definition) is 4. The summed E-state index contributed by atoms with van der Waals surface area (Å²) in [5, 5.41) is 10.1. The maximum atomic E-state index is 11.6. The van der Waals surface area contributed by atoms with Crippen molar-refractivity contribution in [3.05, 3.63) is 18.5 Å². The van der Waals surface area contributed by atoms with Gasteiger partial charge in [-0.15, -0.1) is 0 Å². The molecule has 0 saturated carbocycles. The van der Waals surface area contributed by atoms with Crippen molar-refractivity contribution in [2.24, 2.45) is 0 Å². The molecule has 0 aliphatic carbocycles. The van der Waals surface area contributed by atoms with Gasteiger partial charge in [0.1, 0.15) is 0 Å². The summed E-state index contributed by atoms with van der Waals surface area (Å²) in [6, 6.07) is 1.86. The van der Waals surface area contributed by atoms with Crippen LogP contribution in [0.3, 0.4) is 0 Å². The van der Waals surface area contributed by atoms with E-state index in [1.165, 1.54) is 0 Å². The number of rotatable bonds is 5. The van der Waals surface area contributed by atoms with Gasteiger partial charge >= 0.3 is 0 Å². The van der Waals surface area contributed by atoms with E-state index in [2.05, 4.69) is 15.7 Å². The van der Waals surface area contributed by atoms with Crippen LogP contribution in [-0.2, 0) is 16.1 Å². The molecule has 1 aromatic heterocycles. The molecule has 94 valence electrons. The van der Waals surface area contributed by atoms with Crippen LogP contribution in [0.15, 0.2) is 18.5 Å². The summed E-state index contributed by atoms with van der Waals surface area (Å²) in [5.41, 5.74) is 0. The number of carbonyl (C=O) groups excluding carboxylic acids is 1. The highest BCUT2D eigenvalue weighted by Gasteiger charge is 2.16. The van der Waals surface area contributed by atoms with Crippen LogP contribution in [0.5, 0.6) is 0 Å². The second kappa shape index (κ2) is 6.36. The Morgan fingerprint density at radius 1 is 1.65 bits per heavy atom. The number of amides is 1. The van der Waals surface area contributed by atoms with Crippen LogP contribution in [0.4, 0.5) is 0 Å². The van der Waals surface area contributed by atoms with Crippen molar-refractivity contribution < 1.29 is 9.53 Å². The third kappa shape index (κ3) is 4.16. The highest BCUT2D eigenvalue weighted by Crippen LogP contribution is 2.00. The van der Waals surface area contributed by atoms with E-state index in [9.17, 15) is 4.79 Å². The first-order chi connectivity index (χ1) is 8.34. The molecule has 6 heteroatoms. The molecule has 2 N–H and O–H groups in total. The molecular formula is C11H18N4O2. The van der Waals surface area contributed by atoms with Gasteiger partial charge in [-0.1, -0.05) is 0 Å². The van der Waals surface area contributed by atoms with Gasteiger partial charge in [0.2, 0.25) is 5.91 Å². The van der Waals surface area contributed by atoms with Gasteiger partial charge in [0.15, 0.2) is 0 Å². The number of ether oxygens (including phenoxy) is 1. The maximum absolute atomic E-state index is 11.6. The molecule has 17 heavy (non-hydrogen) atoms. The molecular weight excluding hydrogens is 220 g/mol. The van der Waals surface area contributed by atoms with Crippen LogP contribution in [0.1, 0.15) is 6.42 Å². The number of hydrogen-bond donors (Lipinski definition) is 2. The Hall–Kier alpha value is -1.40. The Balaban J connectivity index is 1.60. The van der Waals surface area contributed by atoms with Crippen LogP contribution in [0, 0.1) is 0 Å². The summed E-state index contributed by atoms with van der Waals surface area (Å²) < 4.78 is 7.25. The van der Waals surface area contributed by atoms with Gasteiger partial charge < -0.3 is 15.4 Å². The SMILES string of the molecule is O=C(CC1CNCCO1)NCCn1cccn1. The molecule has 0 aromatic carbocycles. The van der Waals surface area contributed by atoms with Gasteiger partial charge in [0.05, 0.1) is 25.7 Å². The van der Waals surface area contributed by atoms with Gasteiger partial charge in [-0.2, -0.15) is 5.10 Å². The van der Waals surface area contributed by atoms with Crippen molar-refractivity contribution in [2.45, 2.75) is 19.1 Å². The average molecular weight is 238 g/mol. The molecule has 1 amide bonds. The van der Waals surface area contributed by atoms with E-state index in [0.717, 1.165) is 13.1 Å². The quantitative estimate of drug-likeness (QED) is 0.717. The second-order valence-corrected chi connectivity index (χ2v) is 4.02. The minimum Gasteiger partial charge on any atom is -0.375 e. The summed E-state index contributed by atoms with van der Waals surface area (Å²) in [5.74, 6) is 0.0332. The molecule has 0 radical (unpaired) electrons. The van der Waals surface area contributed by atoms with Crippen LogP contribution >= 0.6 is 0 Å². The molecule has 1 saturated heterocycles. The molecule has 1 atom stereocenters. The highest BCUT2D eigenvalue weighted by atomic mass is 16.5. The lowest BCUT2D eigenvalue weighted by atomic mass is 10.2. The van der Waals surface area contributed by atoms with Crippen molar-refractivity contribution in [1.82, 2.24) is 20.4 Å². The van der Waals surface area contributed by atoms with Crippen molar-refractivity contribution in [1.29, 1.82) is 0 Å². The Morgan fingerprint density at radius 3 is 3.29 bits per heavy atom. The molecule has 1 unspecified atom stereocenters. The first kappa shape index (κ1) is 12.1. The molecule has 0 spiro atoms. The van der Waals surface area contributed by atoms with Crippen molar-refractivity contribution in [3.8, 4) is 0 Å². The zero-order valence-electron chi connectivity index (χ0n) is 9.76. The smallest absolute Gasteiger partial charge is 0.222 e. The molecule has 1 aromatic rings. The zero-order valence-corrected chi connectivity index (χ0v) is 9.76. The van der Waals surface area contributed by atoms with Crippen LogP contribution in [0.25, 0.3) is 0 Å². The number of nitrogens with zero attached hydrogens (tertiary/aromatic N) is 2. The summed E-state index contributed by atoms with van der Waals surface area (Å²) in [7, 11) is 0. The third-order valence-corrected chi connectivity index (χ3v) is 2.64. The topological polar surface area (TPSA) is 68.2 Å². The van der Waals surface area contributed by atoms with Crippen molar-refractivity contribution in [2.75, 3.05) is 26.2 Å². The Bertz CT molecular complexity index is 333. The lowest BCUT2D eigenvalue weighted by molar-refractivity contribution is -0.124. The summed E-state index contributed by atoms with van der Waals surface area (Å²) in [6.07, 6.45) is 4.03. The summed E-state index contributed by atoms with van der Waals surface area (Å²) in [6.45, 7) is 3.61. The fourth-order valence-corrected chi connectivity index (χ4v) is 1.77. The summed E-state index contributed by atoms with van der Waals surface area (Å²) >= 11 is 0. The van der Waals surface area contributed by atoms with Crippen molar-refractivity contribution >= 4 is 5.91 Å². The molecule has 1 aliphatic heterocycles. The van der Waals surface area contributed by atoms with Crippen LogP contribution in [0.2, 0.25) is 0 Å². The number of aromatic nitrogens is 2. The molecule has 2 rings (SSSR count). The fraction of sp³-hybridized carbons (Fsp3) is 0.636. The van der Waals surface area contributed by atoms with Gasteiger partial charge in [-0.25, -0.2) is 0 Å². The Morgan fingerprint density at radius 2 is 2.59 bits per heavy atom. The van der Waals surface area contributed by atoms with Crippen LogP contribution in [-0.4, -0.2) is 48.0 Å². The van der Waals surface area contributed by atoms with E-state index >= 15 is 0 Å². The third-order valence-electron chi connectivity index (χ3n) is 2.64. The van der Waals surface area contributed by atoms with Crippen molar-refractivity contribution in [3.63, 3.8) is 0 Å². The van der Waals surface area contributed by atoms with E-state index in [4.69, 9.17) is 4.74 Å². The largest absolute Gasteiger partial charge is 0.375 e. The van der Waals surface area contributed by atoms with E-state index < -0.39 is 0 Å². The second-order valence-electron chi connectivity index (χ2n) is 4.02. The average Bonchev–Trinajstić information content (AvgIpc) is 2.83. The predicted molar refractivity (Wildman–Crippen MR) is 62.5 cm³/mol. The van der Waals surface area contributed by atoms with Gasteiger partial charge in [-0.3, -0.25) is 9.48 Å². The maximum Gasteiger partial charge on any atom is 0.222 e. The summed E-state index contributed by atoms with van der Waals surface area (Å²) in [4.78, 5) is 11.6. The Kier molecular flexibility index (Phi) is 4.52. The van der Waals surface area contributed by atoms with Crippen LogP contribution < -0.4 is 10.6 Å². The minimum atomic E-state index is 0.00783. The monoisotopic (exact) mass is 238 g/mol. The highest BCUT2D eigenvalue weighted by molar-refractivity contribution is 5.76. The van der Waals surface area contributed by atoms with E-state index in [1.807, 2.05) is 12.3 Å². The van der Waals surface area contributed by atoms with Gasteiger partial charge in [-0.05, 0) is 6.07 Å². The number of morpholine rings is 1. The molecule has 0 bridgehead atoms. The standard InChI is InChI=1S/C11H18N4O2/c16-11(8-10-9-12-4-7-17-10)13-3-6-15-5-1-2-14-15/h1-2,5,10,12H,3-4,6-9H2,(H,13,16). The number of carbonyl (C=O) groups is 1. The molecule has 1 aliphatic rings. The first-order valence-corrected chi connectivity index (χ1v) is 5.91. The zero-order chi connectivity index (χ0) is 11.9. The fourth-order valence-electron chi connectivity index (χ4n) is 1.77. The molecule has 2 heterocycles. The minimum absolute atomic E-state index is 0.00783. The first-order valence-electron chi connectivity index (χ1n) is 5.91. The lowest BCUT2D eigenvalue weighted by Gasteiger charge is -2.23.